The summed E-state index contributed by atoms with van der Waals surface area (Å²) in [4.78, 5) is 26.0. The van der Waals surface area contributed by atoms with Gasteiger partial charge < -0.3 is 83.1 Å². The molecule has 0 spiro atoms. The monoisotopic (exact) mass is 1590 g/mol. The van der Waals surface area contributed by atoms with Crippen LogP contribution in [-0.4, -0.2) is 345 Å². The molecule has 5 rings (SSSR count). The average molecular weight is 1590 g/mol. The van der Waals surface area contributed by atoms with Crippen molar-refractivity contribution >= 4 is 105 Å². The summed E-state index contributed by atoms with van der Waals surface area (Å²) in [6.07, 6.45) is -66.7. The first-order valence-corrected chi connectivity index (χ1v) is 36.7. The molecule has 0 aliphatic carbocycles. The number of carboxylic acid groups (broad SMARTS) is 2. The maximum Gasteiger partial charge on any atom is 0.397 e. The van der Waals surface area contributed by atoms with Crippen LogP contribution >= 0.6 is 0 Å². The molecular weight excluding hydrogens is 1530 g/mol. The van der Waals surface area contributed by atoms with Crippen molar-refractivity contribution in [2.24, 2.45) is 0 Å². The van der Waals surface area contributed by atoms with Crippen LogP contribution < -0.4 is 14.2 Å². The van der Waals surface area contributed by atoms with E-state index in [1.165, 1.54) is 9.44 Å². The van der Waals surface area contributed by atoms with Gasteiger partial charge in [-0.05, 0) is 0 Å². The summed E-state index contributed by atoms with van der Waals surface area (Å²) >= 11 is 0. The molecule has 558 valence electrons. The molecule has 25 atom stereocenters. The molecule has 95 heavy (non-hydrogen) atoms. The van der Waals surface area contributed by atoms with Crippen LogP contribution in [0.2, 0.25) is 0 Å². The Hall–Kier alpha value is -2.83. The lowest BCUT2D eigenvalue weighted by Crippen LogP contribution is -2.71. The van der Waals surface area contributed by atoms with E-state index >= 15 is 0 Å². The van der Waals surface area contributed by atoms with Crippen molar-refractivity contribution in [2.45, 2.75) is 153 Å². The minimum atomic E-state index is -6.49. The van der Waals surface area contributed by atoms with Gasteiger partial charge in [0.1, 0.15) is 104 Å². The van der Waals surface area contributed by atoms with Crippen molar-refractivity contribution in [3.63, 3.8) is 0 Å². The third kappa shape index (κ3) is 24.7. The van der Waals surface area contributed by atoms with E-state index in [0.717, 1.165) is 4.72 Å². The molecule has 0 radical (unpaired) electrons. The van der Waals surface area contributed by atoms with Crippen molar-refractivity contribution in [1.29, 1.82) is 0 Å². The Morgan fingerprint density at radius 2 is 0.684 bits per heavy atom. The summed E-state index contributed by atoms with van der Waals surface area (Å²) in [5.41, 5.74) is 0. The lowest BCUT2D eigenvalue weighted by molar-refractivity contribution is -0.372. The molecule has 5 saturated heterocycles. The number of methoxy groups -OCH3 is 1. The molecule has 0 saturated carbocycles. The minimum Gasteiger partial charge on any atom is -0.479 e. The van der Waals surface area contributed by atoms with Gasteiger partial charge in [-0.15, -0.1) is 0 Å². The third-order valence-electron chi connectivity index (χ3n) is 12.6. The fourth-order valence-electron chi connectivity index (χ4n) is 9.21. The first-order chi connectivity index (χ1) is 42.8. The van der Waals surface area contributed by atoms with Gasteiger partial charge in [0, 0.05) is 7.11 Å². The second-order valence-corrected chi connectivity index (χ2v) is 29.2. The van der Waals surface area contributed by atoms with Crippen LogP contribution in [0.15, 0.2) is 0 Å². The summed E-state index contributed by atoms with van der Waals surface area (Å²) in [6.45, 7) is -5.31. The van der Waals surface area contributed by atoms with E-state index in [-0.39, 0.29) is 0 Å². The maximum absolute atomic E-state index is 13.2. The predicted octanol–water partition coefficient (Wildman–Crippen LogP) is -13.9. The van der Waals surface area contributed by atoms with Gasteiger partial charge in [0.15, 0.2) is 49.8 Å². The van der Waals surface area contributed by atoms with Gasteiger partial charge in [-0.2, -0.15) is 89.9 Å². The van der Waals surface area contributed by atoms with Crippen molar-refractivity contribution in [3.05, 3.63) is 0 Å². The number of hydrogen-bond donors (Lipinski definition) is 19. The van der Waals surface area contributed by atoms with Crippen molar-refractivity contribution < 1.29 is 235 Å². The number of carboxylic acids is 2. The SMILES string of the molecule is CO[C@H]1O[C@H](COS(=O)(=O)O)[C@@H](O[C@@H]2O[C@@H](C(=O)O)[C@@H](O[C@@H]3O[C@H](COS(=O)(=O)O)[C@@H](O[C@@H]4O[C@H](C(=O)O)[C@@H](O[C@H]5O[C@H](COS(=O)(=O)O)[C@@H](O)[C@H](O)[C@H]5NS(=O)(=O)O)[C@H](O)[C@H]4O)[C@H](OS(=O)(=O)O)[C@H]3NS(=O)(=O)O)[C@H](OS(=O)(=O)O)[C@H]2OS(=O)(=O)O)[C@H](O)[C@H]1NS(=O)(=O)O. The number of aliphatic hydroxyl groups is 5. The highest BCUT2D eigenvalue weighted by Gasteiger charge is 2.62. The number of aliphatic carboxylic acids is 2. The molecule has 0 amide bonds. The van der Waals surface area contributed by atoms with Crippen LogP contribution in [0.4, 0.5) is 0 Å². The Bertz CT molecular complexity index is 3770. The Labute approximate surface area is 531 Å². The normalized spacial score (nSPS) is 37.7. The quantitative estimate of drug-likeness (QED) is 0.0278. The van der Waals surface area contributed by atoms with Crippen LogP contribution in [-0.2, 0) is 175 Å². The van der Waals surface area contributed by atoms with E-state index in [2.05, 4.69) is 25.1 Å². The van der Waals surface area contributed by atoms with E-state index in [4.69, 9.17) is 51.9 Å². The van der Waals surface area contributed by atoms with E-state index in [9.17, 15) is 158 Å². The van der Waals surface area contributed by atoms with Crippen LogP contribution in [0, 0.1) is 0 Å². The van der Waals surface area contributed by atoms with E-state index in [1.807, 2.05) is 0 Å². The molecule has 0 unspecified atom stereocenters. The summed E-state index contributed by atoms with van der Waals surface area (Å²) < 4.78 is 387. The molecule has 5 aliphatic rings. The largest absolute Gasteiger partial charge is 0.479 e. The zero-order valence-corrected chi connectivity index (χ0v) is 52.9. The molecule has 5 heterocycles. The van der Waals surface area contributed by atoms with Gasteiger partial charge in [0.25, 0.3) is 0 Å². The highest BCUT2D eigenvalue weighted by molar-refractivity contribution is 7.84. The van der Waals surface area contributed by atoms with E-state index < -0.39 is 278 Å². The van der Waals surface area contributed by atoms with Crippen molar-refractivity contribution in [3.8, 4) is 0 Å². The number of hydrogen-bond acceptors (Lipinski definition) is 41. The molecule has 0 aromatic rings. The topological polar surface area (TPSA) is 849 Å². The van der Waals surface area contributed by atoms with Crippen LogP contribution in [0.1, 0.15) is 0 Å². The lowest BCUT2D eigenvalue weighted by Gasteiger charge is -2.50. The highest BCUT2D eigenvalue weighted by Crippen LogP contribution is 2.40. The number of rotatable bonds is 32. The molecule has 5 aliphatic heterocycles. The standard InChI is InChI=1S/C31H53N3O52S9/c1-71-27-9(33-88(47,48)49)13(37)16(6(76-27)3-73-91(56,57)58)78-31-24(86-95(68,69)70)21(85-94(65,66)67)20(23(83-31)26(42)43)81-29-10(34-89(50,51)52)18(84-93(62,63)64)17(7(77-29)4-74-92(59,60)61)79-30-15(39)14(38)19(22(82-30)25(40)41)80-28-8(32-87(44,45)46)12(36)11(35)5(75-28)2-72-90(53,54)55/h5-24,27-39H,2-4H2,1H3,(H,40,41)(H,42,43)(H,44,45,46)(H,47,48,49)(H,50,51,52)(H,53,54,55)(H,56,57,58)(H,59,60,61)(H,62,63,64)(H,65,66,67)(H,68,69,70)/t5-,6-,7-,8-,9-,10-,11-,12-,13-,14-,15-,16-,17-,18-,19+,20+,21+,22+,23-,24-,27+,28-,29+,30-,31-/m1/s1. The highest BCUT2D eigenvalue weighted by atomic mass is 32.3. The number of nitrogens with one attached hydrogen (secondary N) is 3. The molecule has 0 aromatic carbocycles. The summed E-state index contributed by atoms with van der Waals surface area (Å²) in [5, 5.41) is 76.4. The Balaban J connectivity index is 1.67. The van der Waals surface area contributed by atoms with Gasteiger partial charge in [0.2, 0.25) is 0 Å². The molecule has 19 N–H and O–H groups in total. The smallest absolute Gasteiger partial charge is 0.397 e. The third-order valence-corrected chi connectivity index (χ3v) is 17.0. The molecule has 0 bridgehead atoms. The number of carbonyl (C=O) groups is 2. The predicted molar refractivity (Wildman–Crippen MR) is 272 cm³/mol. The van der Waals surface area contributed by atoms with E-state index in [1.54, 1.807) is 0 Å². The van der Waals surface area contributed by atoms with E-state index in [0.29, 0.717) is 7.11 Å². The number of aliphatic hydroxyl groups excluding tert-OH is 5. The zero-order chi connectivity index (χ0) is 72.6. The number of ether oxygens (including phenoxy) is 10. The fraction of sp³-hybridized carbons (Fsp3) is 0.935. The molecule has 55 nitrogen and oxygen atoms in total. The summed E-state index contributed by atoms with van der Waals surface area (Å²) in [7, 11) is -53.3. The zero-order valence-electron chi connectivity index (χ0n) is 45.6. The summed E-state index contributed by atoms with van der Waals surface area (Å²) in [6, 6.07) is -8.50. The van der Waals surface area contributed by atoms with Gasteiger partial charge >= 0.3 is 105 Å². The first kappa shape index (κ1) is 82.8. The van der Waals surface area contributed by atoms with Crippen LogP contribution in [0.5, 0.6) is 0 Å². The fourth-order valence-corrected chi connectivity index (χ4v) is 13.4. The Morgan fingerprint density at radius 1 is 0.337 bits per heavy atom. The molecule has 64 heteroatoms. The van der Waals surface area contributed by atoms with Crippen LogP contribution in [0.25, 0.3) is 0 Å². The van der Waals surface area contributed by atoms with Gasteiger partial charge in [-0.3, -0.25) is 41.0 Å². The first-order valence-electron chi connectivity index (χ1n) is 24.2. The molecule has 5 fully saturated rings. The second kappa shape index (κ2) is 31.2. The van der Waals surface area contributed by atoms with Crippen molar-refractivity contribution in [1.82, 2.24) is 14.2 Å². The second-order valence-electron chi connectivity index (χ2n) is 19.2. The average Bonchev–Trinajstić information content (AvgIpc) is 0.759. The Morgan fingerprint density at radius 3 is 1.13 bits per heavy atom. The molecule has 0 aromatic heterocycles. The van der Waals surface area contributed by atoms with Gasteiger partial charge in [-0.25, -0.2) is 34.7 Å². The maximum atomic E-state index is 13.2. The lowest BCUT2D eigenvalue weighted by atomic mass is 9.94. The van der Waals surface area contributed by atoms with Crippen molar-refractivity contribution in [2.75, 3.05) is 26.9 Å². The van der Waals surface area contributed by atoms with Crippen LogP contribution in [0.3, 0.4) is 0 Å². The van der Waals surface area contributed by atoms with Gasteiger partial charge in [0.05, 0.1) is 19.8 Å². The Kier molecular flexibility index (Phi) is 27.2. The summed E-state index contributed by atoms with van der Waals surface area (Å²) in [5.74, 6) is -5.14. The minimum absolute atomic E-state index is 0.680. The van der Waals surface area contributed by atoms with Gasteiger partial charge in [-0.1, -0.05) is 0 Å². The molecular formula is C31H53N3O52S9.